The molecule has 10 nitrogen and oxygen atoms in total. The van der Waals surface area contributed by atoms with Crippen LogP contribution in [0, 0.1) is 0 Å². The molecule has 0 saturated heterocycles. The third-order valence-electron chi connectivity index (χ3n) is 19.9. The molecule has 0 bridgehead atoms. The molecule has 0 aliphatic heterocycles. The third-order valence-corrected chi connectivity index (χ3v) is 23.5. The smallest absolute Gasteiger partial charge is 0.139 e. The topological polar surface area (TPSA) is 105 Å². The molecule has 0 radical (unpaired) electrons. The van der Waals surface area contributed by atoms with E-state index in [0.717, 1.165) is 79.3 Å². The highest BCUT2D eigenvalue weighted by molar-refractivity contribution is 7.24. The van der Waals surface area contributed by atoms with Gasteiger partial charge >= 0.3 is 0 Å². The van der Waals surface area contributed by atoms with E-state index in [-0.39, 0.29) is 0 Å². The van der Waals surface area contributed by atoms with Gasteiger partial charge in [0, 0.05) is 103 Å². The van der Waals surface area contributed by atoms with E-state index >= 15 is 0 Å². The normalized spacial score (nSPS) is 11.5. The lowest BCUT2D eigenvalue weighted by molar-refractivity contribution is 1.08. The molecule has 13 heterocycles. The van der Waals surface area contributed by atoms with E-state index in [1.807, 2.05) is 138 Å². The summed E-state index contributed by atoms with van der Waals surface area (Å²) in [5.74, 6) is 2.66. The summed E-state index contributed by atoms with van der Waals surface area (Å²) in [6.45, 7) is 0. The molecule has 9 aromatic carbocycles. The number of rotatable bonds is 10. The molecule has 13 heteroatoms. The summed E-state index contributed by atoms with van der Waals surface area (Å²) in [6, 6.07) is 116. The summed E-state index contributed by atoms with van der Waals surface area (Å²) in [5, 5.41) is 11.3. The quantitative estimate of drug-likeness (QED) is 0.134. The van der Waals surface area contributed by atoms with Gasteiger partial charge in [-0.05, 0) is 172 Å². The number of para-hydroxylation sites is 3. The van der Waals surface area contributed by atoms with Crippen molar-refractivity contribution in [2.75, 3.05) is 0 Å². The third kappa shape index (κ3) is 11.5. The van der Waals surface area contributed by atoms with Crippen LogP contribution < -0.4 is 0 Å². The minimum atomic E-state index is 0.813. The van der Waals surface area contributed by atoms with Crippen LogP contribution in [0.5, 0.6) is 0 Å². The molecule has 0 saturated carbocycles. The Balaban J connectivity index is 0.000000107. The second-order valence-electron chi connectivity index (χ2n) is 26.4. The zero-order valence-electron chi connectivity index (χ0n) is 57.8. The van der Waals surface area contributed by atoms with Crippen molar-refractivity contribution in [1.82, 2.24) is 48.6 Å². The van der Waals surface area contributed by atoms with E-state index in [9.17, 15) is 0 Å². The van der Waals surface area contributed by atoms with Gasteiger partial charge in [-0.3, -0.25) is 33.6 Å². The Hall–Kier alpha value is -13.7. The number of benzene rings is 9. The maximum absolute atomic E-state index is 5.18. The minimum absolute atomic E-state index is 0.813. The van der Waals surface area contributed by atoms with Crippen LogP contribution in [0.3, 0.4) is 0 Å². The van der Waals surface area contributed by atoms with E-state index in [1.165, 1.54) is 110 Å². The average Bonchev–Trinajstić information content (AvgIpc) is 1.58. The fraction of sp³-hybridized carbons (Fsp3) is 0. The molecule has 0 aliphatic carbocycles. The van der Waals surface area contributed by atoms with Gasteiger partial charge in [0.25, 0.3) is 0 Å². The summed E-state index contributed by atoms with van der Waals surface area (Å²) in [4.78, 5) is 37.0. The van der Waals surface area contributed by atoms with Crippen LogP contribution in [0.4, 0.5) is 0 Å². The van der Waals surface area contributed by atoms with Crippen LogP contribution in [0.15, 0.2) is 365 Å². The van der Waals surface area contributed by atoms with Crippen LogP contribution in [0.1, 0.15) is 0 Å². The van der Waals surface area contributed by atoms with Gasteiger partial charge in [-0.15, -0.1) is 34.0 Å². The Morgan fingerprint density at radius 3 is 1.01 bits per heavy atom. The fourth-order valence-electron chi connectivity index (χ4n) is 15.0. The first-order valence-electron chi connectivity index (χ1n) is 35.7. The van der Waals surface area contributed by atoms with Crippen LogP contribution >= 0.6 is 34.0 Å². The molecule has 0 spiro atoms. The van der Waals surface area contributed by atoms with Crippen molar-refractivity contribution in [2.45, 2.75) is 0 Å². The van der Waals surface area contributed by atoms with Crippen LogP contribution in [0.2, 0.25) is 0 Å². The molecule has 0 amide bonds. The molecular weight excluding hydrogens is 1380 g/mol. The molecule has 0 unspecified atom stereocenters. The summed E-state index contributed by atoms with van der Waals surface area (Å²) in [7, 11) is 0. The van der Waals surface area contributed by atoms with Gasteiger partial charge < -0.3 is 0 Å². The number of thiophene rings is 3. The average molecular weight is 1440 g/mol. The minimum Gasteiger partial charge on any atom is -0.294 e. The zero-order chi connectivity index (χ0) is 71.4. The monoisotopic (exact) mass is 1440 g/mol. The van der Waals surface area contributed by atoms with E-state index in [2.05, 4.69) is 294 Å². The Bertz CT molecular complexity index is 6770. The molecule has 13 aromatic heterocycles. The second-order valence-corrected chi connectivity index (χ2v) is 29.5. The SMILES string of the molecule is c1ccc(-c2cc3ccc4c(c5ccccc5n4-c4cc(-c5ccccn5)cc(-c5ccccn5)n4)c3s2)cc1.c1ccc(-c2cc3ccc4c(c5ccccc5n4-c4cccc(-c5ccccn5)n4)c3s2)cc1.c1ccc(-c2cc3ccc4c(c5ccccc5n4-c4cccc(-c5ccncc5)n4)c3s2)cc1. The highest BCUT2D eigenvalue weighted by Crippen LogP contribution is 2.47. The Kier molecular flexibility index (Phi) is 16.2. The Morgan fingerprint density at radius 2 is 0.574 bits per heavy atom. The molecule has 0 fully saturated rings. The van der Waals surface area contributed by atoms with E-state index < -0.39 is 0 Å². The van der Waals surface area contributed by atoms with Crippen LogP contribution in [-0.4, -0.2) is 48.6 Å². The lowest BCUT2D eigenvalue weighted by atomic mass is 10.1. The van der Waals surface area contributed by atoms with E-state index in [1.54, 1.807) is 0 Å². The predicted octanol–water partition coefficient (Wildman–Crippen LogP) is 25.4. The second kappa shape index (κ2) is 27.4. The number of pyridine rings is 7. The largest absolute Gasteiger partial charge is 0.294 e. The molecular formula is C95H60N10S3. The summed E-state index contributed by atoms with van der Waals surface area (Å²) in [5.41, 5.74) is 18.0. The van der Waals surface area contributed by atoms with Gasteiger partial charge in [-0.25, -0.2) is 15.0 Å². The first kappa shape index (κ1) is 64.0. The molecule has 0 atom stereocenters. The fourth-order valence-corrected chi connectivity index (χ4v) is 18.7. The first-order chi connectivity index (χ1) is 53.6. The molecule has 22 rings (SSSR count). The molecule has 0 aliphatic rings. The van der Waals surface area contributed by atoms with Gasteiger partial charge in [-0.1, -0.05) is 194 Å². The lowest BCUT2D eigenvalue weighted by Crippen LogP contribution is -2.00. The van der Waals surface area contributed by atoms with E-state index in [4.69, 9.17) is 15.0 Å². The van der Waals surface area contributed by atoms with Crippen molar-refractivity contribution in [2.24, 2.45) is 0 Å². The highest BCUT2D eigenvalue weighted by atomic mass is 32.1. The lowest BCUT2D eigenvalue weighted by Gasteiger charge is -2.12. The van der Waals surface area contributed by atoms with Gasteiger partial charge in [-0.2, -0.15) is 0 Å². The highest BCUT2D eigenvalue weighted by Gasteiger charge is 2.23. The molecule has 0 N–H and O–H groups in total. The number of hydrogen-bond acceptors (Lipinski definition) is 10. The maximum Gasteiger partial charge on any atom is 0.139 e. The Morgan fingerprint density at radius 1 is 0.213 bits per heavy atom. The van der Waals surface area contributed by atoms with Crippen molar-refractivity contribution in [3.63, 3.8) is 0 Å². The molecule has 108 heavy (non-hydrogen) atoms. The summed E-state index contributed by atoms with van der Waals surface area (Å²) >= 11 is 5.57. The number of hydrogen-bond donors (Lipinski definition) is 0. The van der Waals surface area contributed by atoms with Crippen molar-refractivity contribution >= 4 is 130 Å². The van der Waals surface area contributed by atoms with Gasteiger partial charge in [0.2, 0.25) is 0 Å². The number of fused-ring (bicyclic) bond motifs is 15. The van der Waals surface area contributed by atoms with Crippen molar-refractivity contribution < 1.29 is 0 Å². The predicted molar refractivity (Wildman–Crippen MR) is 451 cm³/mol. The van der Waals surface area contributed by atoms with Gasteiger partial charge in [0.05, 0.1) is 67.3 Å². The first-order valence-corrected chi connectivity index (χ1v) is 38.2. The Labute approximate surface area is 632 Å². The van der Waals surface area contributed by atoms with Crippen molar-refractivity contribution in [1.29, 1.82) is 0 Å². The van der Waals surface area contributed by atoms with Crippen LogP contribution in [-0.2, 0) is 0 Å². The van der Waals surface area contributed by atoms with Crippen molar-refractivity contribution in [3.8, 4) is 94.1 Å². The zero-order valence-corrected chi connectivity index (χ0v) is 60.3. The summed E-state index contributed by atoms with van der Waals surface area (Å²) in [6.07, 6.45) is 9.06. The maximum atomic E-state index is 5.18. The molecule has 508 valence electrons. The summed E-state index contributed by atoms with van der Waals surface area (Å²) < 4.78 is 10.8. The van der Waals surface area contributed by atoms with E-state index in [0.29, 0.717) is 0 Å². The van der Waals surface area contributed by atoms with Crippen molar-refractivity contribution in [3.05, 3.63) is 365 Å². The molecule has 22 aromatic rings. The van der Waals surface area contributed by atoms with Crippen LogP contribution in [0.25, 0.3) is 190 Å². The van der Waals surface area contributed by atoms with Gasteiger partial charge in [0.1, 0.15) is 17.5 Å². The van der Waals surface area contributed by atoms with Gasteiger partial charge in [0.15, 0.2) is 0 Å². The number of nitrogens with zero attached hydrogens (tertiary/aromatic N) is 10. The standard InChI is InChI=1S/C35H22N4S.2C30H19N3S/c1-2-10-23(11-3-1)32-21-24-16-17-31-34(35(24)40-32)26-12-4-5-15-30(26)39(31)33-22-25(27-13-6-8-18-36-27)20-29(38-33)28-14-7-9-19-37-28;1-2-9-20(10-3-1)27-19-21-16-17-26-29(30(21)34-27)22-11-4-5-14-25(22)33(26)28-15-8-13-24(32-28)23-12-6-7-18-31-23;1-2-7-21(8-3-1)27-19-22-13-14-26-29(30(22)34-27)23-9-4-5-11-25(23)33(26)28-12-6-10-24(32-28)20-15-17-31-18-16-20/h1-22H;2*1-19H. The number of aromatic nitrogens is 10.